The number of furan rings is 1. The van der Waals surface area contributed by atoms with Crippen molar-refractivity contribution in [1.29, 1.82) is 0 Å². The van der Waals surface area contributed by atoms with E-state index in [9.17, 15) is 0 Å². The summed E-state index contributed by atoms with van der Waals surface area (Å²) in [6.45, 7) is 0. The molecule has 0 spiro atoms. The molecule has 0 unspecified atom stereocenters. The van der Waals surface area contributed by atoms with Crippen LogP contribution in [0.2, 0.25) is 0 Å². The lowest BCUT2D eigenvalue weighted by Crippen LogP contribution is -2.10. The Morgan fingerprint density at radius 1 is 0.444 bits per heavy atom. The number of thiophene rings is 1. The second-order valence-corrected chi connectivity index (χ2v) is 14.7. The summed E-state index contributed by atoms with van der Waals surface area (Å²) < 4.78 is 11.7. The first-order valence-electron chi connectivity index (χ1n) is 18.3. The van der Waals surface area contributed by atoms with E-state index < -0.39 is 0 Å². The van der Waals surface area contributed by atoms with Gasteiger partial charge in [0, 0.05) is 43.3 Å². The summed E-state index contributed by atoms with van der Waals surface area (Å²) in [4.78, 5) is 2.34. The predicted octanol–water partition coefficient (Wildman–Crippen LogP) is 14.7. The maximum absolute atomic E-state index is 6.64. The average molecular weight is 709 g/mol. The van der Waals surface area contributed by atoms with E-state index in [1.807, 2.05) is 17.4 Å². The minimum Gasteiger partial charge on any atom is -0.454 e. The van der Waals surface area contributed by atoms with Crippen LogP contribution >= 0.6 is 11.3 Å². The molecule has 11 rings (SSSR count). The highest BCUT2D eigenvalue weighted by atomic mass is 32.1. The number of para-hydroxylation sites is 4. The monoisotopic (exact) mass is 708 g/mol. The van der Waals surface area contributed by atoms with Gasteiger partial charge in [-0.2, -0.15) is 0 Å². The first kappa shape index (κ1) is 30.7. The van der Waals surface area contributed by atoms with Gasteiger partial charge in [-0.25, -0.2) is 0 Å². The lowest BCUT2D eigenvalue weighted by atomic mass is 10.0. The molecule has 8 aromatic carbocycles. The number of hydrogen-bond donors (Lipinski definition) is 0. The Hall–Kier alpha value is -6.88. The van der Waals surface area contributed by atoms with E-state index in [1.54, 1.807) is 0 Å². The maximum atomic E-state index is 6.64. The molecular weight excluding hydrogens is 677 g/mol. The number of anilines is 3. The minimum atomic E-state index is 0.868. The van der Waals surface area contributed by atoms with Crippen LogP contribution in [0.25, 0.3) is 81.1 Å². The normalized spacial score (nSPS) is 11.7. The Labute approximate surface area is 316 Å². The minimum absolute atomic E-state index is 0.868. The van der Waals surface area contributed by atoms with E-state index in [0.29, 0.717) is 0 Å². The zero-order valence-corrected chi connectivity index (χ0v) is 30.0. The fraction of sp³-hybridized carbons (Fsp3) is 0. The van der Waals surface area contributed by atoms with Crippen LogP contribution in [-0.2, 0) is 0 Å². The molecule has 4 heteroatoms. The largest absolute Gasteiger partial charge is 0.454 e. The van der Waals surface area contributed by atoms with E-state index in [2.05, 4.69) is 198 Å². The first-order chi connectivity index (χ1) is 26.8. The molecule has 0 bridgehead atoms. The van der Waals surface area contributed by atoms with Crippen LogP contribution in [0.1, 0.15) is 0 Å². The van der Waals surface area contributed by atoms with E-state index in [4.69, 9.17) is 4.42 Å². The molecule has 3 aromatic heterocycles. The summed E-state index contributed by atoms with van der Waals surface area (Å²) in [5.41, 5.74) is 13.3. The third-order valence-corrected chi connectivity index (χ3v) is 11.9. The molecule has 0 radical (unpaired) electrons. The second-order valence-electron chi connectivity index (χ2n) is 13.7. The van der Waals surface area contributed by atoms with E-state index >= 15 is 0 Å². The molecule has 0 fully saturated rings. The maximum Gasteiger partial charge on any atom is 0.159 e. The number of benzene rings is 8. The summed E-state index contributed by atoms with van der Waals surface area (Å²) in [5.74, 6) is 0. The van der Waals surface area contributed by atoms with Gasteiger partial charge in [0.25, 0.3) is 0 Å². The predicted molar refractivity (Wildman–Crippen MR) is 229 cm³/mol. The number of hydrogen-bond acceptors (Lipinski definition) is 3. The van der Waals surface area contributed by atoms with Gasteiger partial charge in [0.05, 0.1) is 21.4 Å². The highest BCUT2D eigenvalue weighted by Gasteiger charge is 2.22. The molecule has 0 amide bonds. The van der Waals surface area contributed by atoms with Gasteiger partial charge in [-0.1, -0.05) is 140 Å². The lowest BCUT2D eigenvalue weighted by Gasteiger charge is -2.26. The van der Waals surface area contributed by atoms with Gasteiger partial charge in [0.1, 0.15) is 5.58 Å². The van der Waals surface area contributed by atoms with Crippen molar-refractivity contribution >= 4 is 81.5 Å². The molecule has 0 atom stereocenters. The Bertz CT molecular complexity index is 3150. The highest BCUT2D eigenvalue weighted by Crippen LogP contribution is 2.47. The highest BCUT2D eigenvalue weighted by molar-refractivity contribution is 7.27. The number of rotatable bonds is 6. The molecule has 3 heterocycles. The van der Waals surface area contributed by atoms with Gasteiger partial charge in [0.15, 0.2) is 5.58 Å². The van der Waals surface area contributed by atoms with Gasteiger partial charge in [-0.15, -0.1) is 11.3 Å². The molecule has 3 nitrogen and oxygen atoms in total. The van der Waals surface area contributed by atoms with E-state index in [1.165, 1.54) is 59.1 Å². The van der Waals surface area contributed by atoms with Crippen LogP contribution in [0, 0.1) is 0 Å². The third kappa shape index (κ3) is 4.81. The molecule has 54 heavy (non-hydrogen) atoms. The van der Waals surface area contributed by atoms with Crippen molar-refractivity contribution < 1.29 is 4.42 Å². The van der Waals surface area contributed by atoms with Crippen molar-refractivity contribution in [2.45, 2.75) is 0 Å². The SMILES string of the molecule is c1ccc(-c2ccc(N(c3cccc(-c4cccc5c4sc4c6ccccc6n(-c6ccccc6)c54)c3)c3cccc4c3oc3ccccc34)cc2)cc1. The van der Waals surface area contributed by atoms with Crippen LogP contribution in [0.3, 0.4) is 0 Å². The van der Waals surface area contributed by atoms with Crippen molar-refractivity contribution in [1.82, 2.24) is 4.57 Å². The Morgan fingerprint density at radius 2 is 1.09 bits per heavy atom. The van der Waals surface area contributed by atoms with Crippen molar-refractivity contribution in [3.8, 4) is 27.9 Å². The van der Waals surface area contributed by atoms with Gasteiger partial charge >= 0.3 is 0 Å². The fourth-order valence-electron chi connectivity index (χ4n) is 8.15. The van der Waals surface area contributed by atoms with Crippen molar-refractivity contribution in [3.05, 3.63) is 194 Å². The van der Waals surface area contributed by atoms with Gasteiger partial charge in [-0.3, -0.25) is 0 Å². The molecule has 0 aliphatic rings. The molecule has 0 N–H and O–H groups in total. The summed E-state index contributed by atoms with van der Waals surface area (Å²) in [6, 6.07) is 69.4. The Kier molecular flexibility index (Phi) is 7.04. The second kappa shape index (κ2) is 12.4. The third-order valence-electron chi connectivity index (χ3n) is 10.6. The topological polar surface area (TPSA) is 21.3 Å². The quantitative estimate of drug-likeness (QED) is 0.171. The van der Waals surface area contributed by atoms with Crippen LogP contribution in [0.5, 0.6) is 0 Å². The smallest absolute Gasteiger partial charge is 0.159 e. The van der Waals surface area contributed by atoms with Crippen molar-refractivity contribution in [2.24, 2.45) is 0 Å². The fourth-order valence-corrected chi connectivity index (χ4v) is 9.50. The van der Waals surface area contributed by atoms with Gasteiger partial charge in [0.2, 0.25) is 0 Å². The molecule has 0 saturated heterocycles. The first-order valence-corrected chi connectivity index (χ1v) is 19.1. The van der Waals surface area contributed by atoms with E-state index in [-0.39, 0.29) is 0 Å². The summed E-state index contributed by atoms with van der Waals surface area (Å²) in [6.07, 6.45) is 0. The summed E-state index contributed by atoms with van der Waals surface area (Å²) >= 11 is 1.89. The van der Waals surface area contributed by atoms with Crippen molar-refractivity contribution in [3.63, 3.8) is 0 Å². The Morgan fingerprint density at radius 3 is 1.94 bits per heavy atom. The number of aromatic nitrogens is 1. The lowest BCUT2D eigenvalue weighted by molar-refractivity contribution is 0.669. The van der Waals surface area contributed by atoms with Crippen LogP contribution in [0.15, 0.2) is 199 Å². The molecule has 254 valence electrons. The molecule has 0 aliphatic carbocycles. The molecular formula is C50H32N2OS. The number of fused-ring (bicyclic) bond motifs is 8. The summed E-state index contributed by atoms with van der Waals surface area (Å²) in [5, 5.41) is 4.76. The van der Waals surface area contributed by atoms with E-state index in [0.717, 1.165) is 39.0 Å². The van der Waals surface area contributed by atoms with Gasteiger partial charge in [-0.05, 0) is 76.9 Å². The Balaban J connectivity index is 1.11. The molecule has 0 aliphatic heterocycles. The molecule has 0 saturated carbocycles. The van der Waals surface area contributed by atoms with Crippen molar-refractivity contribution in [2.75, 3.05) is 4.90 Å². The zero-order chi connectivity index (χ0) is 35.6. The van der Waals surface area contributed by atoms with Crippen LogP contribution < -0.4 is 4.90 Å². The van der Waals surface area contributed by atoms with Crippen LogP contribution in [-0.4, -0.2) is 4.57 Å². The average Bonchev–Trinajstić information content (AvgIpc) is 3.92. The number of nitrogens with zero attached hydrogens (tertiary/aromatic N) is 2. The zero-order valence-electron chi connectivity index (χ0n) is 29.2. The molecule has 11 aromatic rings. The summed E-state index contributed by atoms with van der Waals surface area (Å²) in [7, 11) is 0. The van der Waals surface area contributed by atoms with Crippen LogP contribution in [0.4, 0.5) is 17.1 Å². The van der Waals surface area contributed by atoms with Gasteiger partial charge < -0.3 is 13.9 Å². The standard InChI is InChI=1S/C50H32N2OS/c1-3-14-33(15-4-1)34-28-30-37(31-29-34)51(45-26-13-23-41-40-20-8-10-27-46(40)53-48(41)45)38-19-11-16-35(32-38)39-22-12-24-43-47-50(54-49(39)43)42-21-7-9-25-44(42)52(47)36-17-5-2-6-18-36/h1-32H.